The average molecular weight is 338 g/mol. The molecule has 4 rings (SSSR count). The Bertz CT molecular complexity index is 700. The van der Waals surface area contributed by atoms with E-state index in [-0.39, 0.29) is 36.0 Å². The summed E-state index contributed by atoms with van der Waals surface area (Å²) in [5.74, 6) is -0.201. The maximum Gasteiger partial charge on any atom is 0.171 e. The molecule has 0 unspecified atom stereocenters. The first-order chi connectivity index (χ1) is 12.0. The zero-order valence-electron chi connectivity index (χ0n) is 14.1. The van der Waals surface area contributed by atoms with Crippen LogP contribution in [0.3, 0.4) is 0 Å². The molecule has 0 spiro atoms. The van der Waals surface area contributed by atoms with Crippen molar-refractivity contribution in [2.24, 2.45) is 0 Å². The maximum atomic E-state index is 11.1. The van der Waals surface area contributed by atoms with Crippen molar-refractivity contribution in [3.05, 3.63) is 70.8 Å². The third-order valence-electron chi connectivity index (χ3n) is 3.70. The molecule has 0 fully saturated rings. The van der Waals surface area contributed by atoms with E-state index in [4.69, 9.17) is 0 Å². The number of carbonyl (C=O) groups excluding carboxylic acids is 4. The van der Waals surface area contributed by atoms with Gasteiger partial charge in [-0.2, -0.15) is 0 Å². The van der Waals surface area contributed by atoms with Crippen molar-refractivity contribution in [1.82, 2.24) is 0 Å². The summed E-state index contributed by atoms with van der Waals surface area (Å²) in [6, 6.07) is 13.9. The standard InChI is InChI=1S/2C9H6O2.C2H6O/c2*10-8-5-9(11)7-4-2-1-3-6(7)8;1-3-2/h2*1-4H,5H2;1-2H3. The molecular weight excluding hydrogens is 320 g/mol. The molecule has 0 heterocycles. The van der Waals surface area contributed by atoms with Gasteiger partial charge in [0.15, 0.2) is 23.1 Å². The maximum absolute atomic E-state index is 11.1. The Kier molecular flexibility index (Phi) is 6.08. The monoisotopic (exact) mass is 338 g/mol. The predicted molar refractivity (Wildman–Crippen MR) is 92.4 cm³/mol. The summed E-state index contributed by atoms with van der Waals surface area (Å²) >= 11 is 0. The second-order valence-electron chi connectivity index (χ2n) is 5.55. The van der Waals surface area contributed by atoms with Gasteiger partial charge in [-0.15, -0.1) is 0 Å². The lowest BCUT2D eigenvalue weighted by molar-refractivity contribution is 0.0906. The molecule has 0 atom stereocenters. The van der Waals surface area contributed by atoms with Gasteiger partial charge in [0, 0.05) is 36.5 Å². The number of Topliss-reactive ketones (excluding diaryl/α,β-unsaturated/α-hetero) is 4. The van der Waals surface area contributed by atoms with E-state index in [9.17, 15) is 19.2 Å². The zero-order chi connectivity index (χ0) is 18.4. The number of fused-ring (bicyclic) bond motifs is 2. The number of ketones is 4. The normalized spacial score (nSPS) is 14.2. The second kappa shape index (κ2) is 8.26. The van der Waals surface area contributed by atoms with Gasteiger partial charge in [-0.3, -0.25) is 19.2 Å². The van der Waals surface area contributed by atoms with Gasteiger partial charge < -0.3 is 4.74 Å². The molecule has 2 aromatic carbocycles. The summed E-state index contributed by atoms with van der Waals surface area (Å²) in [7, 11) is 3.25. The summed E-state index contributed by atoms with van der Waals surface area (Å²) in [6.45, 7) is 0. The van der Waals surface area contributed by atoms with Crippen LogP contribution in [-0.4, -0.2) is 37.4 Å². The Morgan fingerprint density at radius 3 is 0.960 bits per heavy atom. The topological polar surface area (TPSA) is 77.5 Å². The van der Waals surface area contributed by atoms with Gasteiger partial charge in [0.25, 0.3) is 0 Å². The SMILES string of the molecule is COC.O=C1CC(=O)c2ccccc21.O=C1CC(=O)c2ccccc21. The van der Waals surface area contributed by atoms with E-state index in [1.165, 1.54) is 0 Å². The molecule has 0 aromatic heterocycles. The number of hydrogen-bond donors (Lipinski definition) is 0. The molecule has 0 aliphatic heterocycles. The van der Waals surface area contributed by atoms with Gasteiger partial charge in [0.2, 0.25) is 0 Å². The van der Waals surface area contributed by atoms with Crippen LogP contribution in [0.1, 0.15) is 54.3 Å². The van der Waals surface area contributed by atoms with E-state index >= 15 is 0 Å². The van der Waals surface area contributed by atoms with Crippen LogP contribution >= 0.6 is 0 Å². The van der Waals surface area contributed by atoms with E-state index in [1.54, 1.807) is 62.8 Å². The minimum atomic E-state index is -0.0504. The van der Waals surface area contributed by atoms with Gasteiger partial charge >= 0.3 is 0 Å². The molecule has 0 amide bonds. The number of rotatable bonds is 0. The van der Waals surface area contributed by atoms with Crippen LogP contribution in [0.5, 0.6) is 0 Å². The van der Waals surface area contributed by atoms with E-state index in [0.29, 0.717) is 22.3 Å². The van der Waals surface area contributed by atoms with E-state index in [1.807, 2.05) is 0 Å². The molecule has 5 nitrogen and oxygen atoms in total. The van der Waals surface area contributed by atoms with E-state index < -0.39 is 0 Å². The molecule has 5 heteroatoms. The first-order valence-corrected chi connectivity index (χ1v) is 7.70. The Morgan fingerprint density at radius 1 is 0.560 bits per heavy atom. The van der Waals surface area contributed by atoms with Crippen molar-refractivity contribution in [1.29, 1.82) is 0 Å². The minimum absolute atomic E-state index is 0.0504. The minimum Gasteiger partial charge on any atom is -0.388 e. The Hall–Kier alpha value is -2.92. The molecule has 25 heavy (non-hydrogen) atoms. The number of benzene rings is 2. The van der Waals surface area contributed by atoms with Crippen molar-refractivity contribution in [2.75, 3.05) is 14.2 Å². The number of carbonyl (C=O) groups is 4. The molecule has 0 radical (unpaired) electrons. The lowest BCUT2D eigenvalue weighted by Gasteiger charge is -1.90. The quantitative estimate of drug-likeness (QED) is 0.690. The summed E-state index contributed by atoms with van der Waals surface area (Å²) in [6.07, 6.45) is 0.110. The van der Waals surface area contributed by atoms with Gasteiger partial charge in [-0.05, 0) is 0 Å². The van der Waals surface area contributed by atoms with Crippen molar-refractivity contribution >= 4 is 23.1 Å². The zero-order valence-corrected chi connectivity index (χ0v) is 14.1. The van der Waals surface area contributed by atoms with Crippen molar-refractivity contribution in [3.63, 3.8) is 0 Å². The molecule has 0 N–H and O–H groups in total. The molecule has 0 saturated heterocycles. The van der Waals surface area contributed by atoms with Crippen LogP contribution in [0.4, 0.5) is 0 Å². The lowest BCUT2D eigenvalue weighted by atomic mass is 10.1. The third kappa shape index (κ3) is 4.14. The first-order valence-electron chi connectivity index (χ1n) is 7.70. The highest BCUT2D eigenvalue weighted by molar-refractivity contribution is 6.24. The molecule has 0 saturated carbocycles. The third-order valence-corrected chi connectivity index (χ3v) is 3.70. The molecule has 2 aliphatic carbocycles. The summed E-state index contributed by atoms with van der Waals surface area (Å²) in [5.41, 5.74) is 2.32. The fourth-order valence-corrected chi connectivity index (χ4v) is 2.61. The van der Waals surface area contributed by atoms with Gasteiger partial charge in [-0.25, -0.2) is 0 Å². The summed E-state index contributed by atoms with van der Waals surface area (Å²) < 4.78 is 4.25. The number of hydrogen-bond acceptors (Lipinski definition) is 5. The van der Waals surface area contributed by atoms with Crippen molar-refractivity contribution < 1.29 is 23.9 Å². The Balaban J connectivity index is 0.000000156. The van der Waals surface area contributed by atoms with Gasteiger partial charge in [-0.1, -0.05) is 48.5 Å². The fraction of sp³-hybridized carbons (Fsp3) is 0.200. The first kappa shape index (κ1) is 18.4. The average Bonchev–Trinajstić information content (AvgIpc) is 3.06. The largest absolute Gasteiger partial charge is 0.388 e. The van der Waals surface area contributed by atoms with Crippen LogP contribution < -0.4 is 0 Å². The van der Waals surface area contributed by atoms with Crippen molar-refractivity contribution in [3.8, 4) is 0 Å². The molecule has 2 aliphatic rings. The van der Waals surface area contributed by atoms with E-state index in [0.717, 1.165) is 0 Å². The highest BCUT2D eigenvalue weighted by atomic mass is 16.4. The molecule has 2 aromatic rings. The highest BCUT2D eigenvalue weighted by Gasteiger charge is 2.26. The van der Waals surface area contributed by atoms with Crippen LogP contribution in [0, 0.1) is 0 Å². The molecule has 128 valence electrons. The number of methoxy groups -OCH3 is 1. The van der Waals surface area contributed by atoms with Crippen LogP contribution in [0.2, 0.25) is 0 Å². The highest BCUT2D eigenvalue weighted by Crippen LogP contribution is 2.21. The summed E-state index contributed by atoms with van der Waals surface area (Å²) in [4.78, 5) is 44.2. The number of ether oxygens (including phenoxy) is 1. The summed E-state index contributed by atoms with van der Waals surface area (Å²) in [5, 5.41) is 0. The second-order valence-corrected chi connectivity index (χ2v) is 5.55. The Labute approximate surface area is 145 Å². The smallest absolute Gasteiger partial charge is 0.171 e. The van der Waals surface area contributed by atoms with Crippen LogP contribution in [0.15, 0.2) is 48.5 Å². The predicted octanol–water partition coefficient (Wildman–Crippen LogP) is 3.17. The van der Waals surface area contributed by atoms with Gasteiger partial charge in [0.05, 0.1) is 12.8 Å². The lowest BCUT2D eigenvalue weighted by Crippen LogP contribution is -1.90. The fourth-order valence-electron chi connectivity index (χ4n) is 2.61. The van der Waals surface area contributed by atoms with E-state index in [2.05, 4.69) is 4.74 Å². The van der Waals surface area contributed by atoms with Gasteiger partial charge in [0.1, 0.15) is 0 Å². The Morgan fingerprint density at radius 2 is 0.760 bits per heavy atom. The van der Waals surface area contributed by atoms with Crippen LogP contribution in [-0.2, 0) is 4.74 Å². The molecular formula is C20H18O5. The molecule has 0 bridgehead atoms. The van der Waals surface area contributed by atoms with Crippen LogP contribution in [0.25, 0.3) is 0 Å². The van der Waals surface area contributed by atoms with Crippen molar-refractivity contribution in [2.45, 2.75) is 12.8 Å².